The molecule has 388 valence electrons. The van der Waals surface area contributed by atoms with Gasteiger partial charge in [-0.2, -0.15) is 0 Å². The number of aromatic nitrogens is 4. The predicted octanol–water partition coefficient (Wildman–Crippen LogP) is 19.1. The summed E-state index contributed by atoms with van der Waals surface area (Å²) in [7, 11) is 0. The number of benzene rings is 11. The van der Waals surface area contributed by atoms with Gasteiger partial charge in [0.15, 0.2) is 0 Å². The van der Waals surface area contributed by atoms with Crippen molar-refractivity contribution in [1.82, 2.24) is 19.9 Å². The van der Waals surface area contributed by atoms with E-state index in [2.05, 4.69) is 255 Å². The minimum atomic E-state index is -0.502. The lowest BCUT2D eigenvalue weighted by molar-refractivity contribution is 0.794. The second-order valence-electron chi connectivity index (χ2n) is 22.7. The molecule has 0 aliphatic heterocycles. The molecule has 84 heavy (non-hydrogen) atoms. The van der Waals surface area contributed by atoms with E-state index in [9.17, 15) is 0 Å². The number of hydrogen-bond acceptors (Lipinski definition) is 4. The molecule has 3 aromatic heterocycles. The van der Waals surface area contributed by atoms with Crippen LogP contribution in [0, 0.1) is 0 Å². The van der Waals surface area contributed by atoms with E-state index < -0.39 is 10.8 Å². The van der Waals surface area contributed by atoms with E-state index in [1.807, 2.05) is 36.7 Å². The average molecular weight is 1070 g/mol. The van der Waals surface area contributed by atoms with Crippen molar-refractivity contribution in [3.05, 3.63) is 336 Å². The van der Waals surface area contributed by atoms with Gasteiger partial charge in [-0.15, -0.1) is 0 Å². The van der Waals surface area contributed by atoms with E-state index in [4.69, 9.17) is 19.9 Å². The molecule has 0 unspecified atom stereocenters. The van der Waals surface area contributed by atoms with Crippen LogP contribution in [0.4, 0.5) is 0 Å². The Morgan fingerprint density at radius 1 is 0.202 bits per heavy atom. The molecule has 2 spiro atoms. The zero-order chi connectivity index (χ0) is 55.1. The predicted molar refractivity (Wildman–Crippen MR) is 340 cm³/mol. The number of para-hydroxylation sites is 2. The third-order valence-electron chi connectivity index (χ3n) is 18.7. The molecule has 4 nitrogen and oxygen atoms in total. The van der Waals surface area contributed by atoms with E-state index >= 15 is 0 Å². The number of pyridine rings is 2. The van der Waals surface area contributed by atoms with Gasteiger partial charge in [0.25, 0.3) is 0 Å². The number of fused-ring (bicyclic) bond motifs is 21. The van der Waals surface area contributed by atoms with Crippen LogP contribution in [0.5, 0.6) is 0 Å². The summed E-state index contributed by atoms with van der Waals surface area (Å²) in [5.74, 6) is 0. The second-order valence-corrected chi connectivity index (χ2v) is 22.7. The van der Waals surface area contributed by atoms with Crippen LogP contribution in [-0.4, -0.2) is 19.9 Å². The number of nitrogens with zero attached hydrogens (tertiary/aromatic N) is 4. The Kier molecular flexibility index (Phi) is 9.90. The molecule has 0 saturated heterocycles. The summed E-state index contributed by atoms with van der Waals surface area (Å²) in [4.78, 5) is 20.4. The van der Waals surface area contributed by atoms with Crippen molar-refractivity contribution in [2.75, 3.05) is 0 Å². The molecular formula is C80H48N4. The first kappa shape index (κ1) is 46.8. The molecule has 0 radical (unpaired) electrons. The third kappa shape index (κ3) is 6.48. The maximum Gasteiger partial charge on any atom is 0.0973 e. The van der Waals surface area contributed by atoms with Gasteiger partial charge in [0.05, 0.1) is 44.6 Å². The molecule has 3 heterocycles. The van der Waals surface area contributed by atoms with Crippen LogP contribution < -0.4 is 0 Å². The minimum Gasteiger partial charge on any atom is -0.256 e. The van der Waals surface area contributed by atoms with Gasteiger partial charge in [0.2, 0.25) is 0 Å². The highest BCUT2D eigenvalue weighted by atomic mass is 14.8. The monoisotopic (exact) mass is 1060 g/mol. The molecule has 0 fully saturated rings. The molecule has 0 N–H and O–H groups in total. The molecular weight excluding hydrogens is 1020 g/mol. The summed E-state index contributed by atoms with van der Waals surface area (Å²) < 4.78 is 0. The van der Waals surface area contributed by atoms with Gasteiger partial charge < -0.3 is 0 Å². The van der Waals surface area contributed by atoms with Crippen molar-refractivity contribution in [2.45, 2.75) is 10.8 Å². The van der Waals surface area contributed by atoms with Crippen LogP contribution in [0.15, 0.2) is 291 Å². The smallest absolute Gasteiger partial charge is 0.0973 e. The number of hydrogen-bond donors (Lipinski definition) is 0. The summed E-state index contributed by atoms with van der Waals surface area (Å²) in [5.41, 5.74) is 33.8. The summed E-state index contributed by atoms with van der Waals surface area (Å²) in [6.45, 7) is 0. The maximum absolute atomic E-state index is 5.39. The van der Waals surface area contributed by atoms with Crippen LogP contribution in [-0.2, 0) is 10.8 Å². The Balaban J connectivity index is 0.727. The van der Waals surface area contributed by atoms with Crippen molar-refractivity contribution in [2.24, 2.45) is 0 Å². The van der Waals surface area contributed by atoms with Crippen LogP contribution >= 0.6 is 0 Å². The first-order valence-corrected chi connectivity index (χ1v) is 28.9. The normalized spacial score (nSPS) is 13.7. The molecule has 0 amide bonds. The van der Waals surface area contributed by atoms with Crippen LogP contribution in [0.25, 0.3) is 123 Å². The van der Waals surface area contributed by atoms with Crippen molar-refractivity contribution in [3.63, 3.8) is 0 Å². The summed E-state index contributed by atoms with van der Waals surface area (Å²) in [5, 5.41) is 0. The fourth-order valence-corrected chi connectivity index (χ4v) is 15.1. The highest BCUT2D eigenvalue weighted by Crippen LogP contribution is 2.65. The van der Waals surface area contributed by atoms with E-state index in [-0.39, 0.29) is 0 Å². The number of rotatable bonds is 6. The molecule has 4 aliphatic carbocycles. The molecule has 4 aliphatic rings. The molecule has 18 rings (SSSR count). The van der Waals surface area contributed by atoms with Crippen molar-refractivity contribution < 1.29 is 0 Å². The summed E-state index contributed by atoms with van der Waals surface area (Å²) in [6.07, 6.45) is 3.76. The van der Waals surface area contributed by atoms with Crippen LogP contribution in [0.3, 0.4) is 0 Å². The fraction of sp³-hybridized carbons (Fsp3) is 0.0250. The Bertz CT molecular complexity index is 4650. The molecule has 4 heteroatoms. The molecule has 14 aromatic rings. The second kappa shape index (κ2) is 17.8. The maximum atomic E-state index is 5.39. The van der Waals surface area contributed by atoms with Gasteiger partial charge in [-0.05, 0) is 172 Å². The summed E-state index contributed by atoms with van der Waals surface area (Å²) in [6, 6.07) is 103. The van der Waals surface area contributed by atoms with E-state index in [1.54, 1.807) is 0 Å². The van der Waals surface area contributed by atoms with Crippen LogP contribution in [0.1, 0.15) is 44.5 Å². The van der Waals surface area contributed by atoms with Gasteiger partial charge >= 0.3 is 0 Å². The largest absolute Gasteiger partial charge is 0.256 e. The molecule has 11 aromatic carbocycles. The standard InChI is InChI=1S/C80H48N4/c1-5-19-65-57(15-1)58-16-2-6-20-66(58)79(65)69-45-53(35-39-61(69)63-41-37-55(47-71(63)79)73-23-11-13-43-81-73)49-27-31-51(32-28-49)77-78(84-76-26-10-9-25-75(76)83-77)52-33-29-50(30-34-52)54-36-40-62-64-42-38-56(74-24-12-14-44-82-74)48-72(64)80(70(62)46-54)67-21-7-3-17-59(67)60-18-4-8-22-68(60)80/h1-48H. The topological polar surface area (TPSA) is 51.6 Å². The zero-order valence-electron chi connectivity index (χ0n) is 45.5. The highest BCUT2D eigenvalue weighted by molar-refractivity contribution is 5.99. The Morgan fingerprint density at radius 2 is 0.476 bits per heavy atom. The van der Waals surface area contributed by atoms with Crippen LogP contribution in [0.2, 0.25) is 0 Å². The fourth-order valence-electron chi connectivity index (χ4n) is 15.1. The highest BCUT2D eigenvalue weighted by Gasteiger charge is 2.53. The lowest BCUT2D eigenvalue weighted by Crippen LogP contribution is -2.26. The Morgan fingerprint density at radius 3 is 0.821 bits per heavy atom. The van der Waals surface area contributed by atoms with Crippen molar-refractivity contribution in [1.29, 1.82) is 0 Å². The SMILES string of the molecule is c1ccc(-c2ccc3c(c2)C2(c4ccccc4-c4ccccc42)c2cc(-c4ccc(-c5nc6ccccc6nc5-c5ccc(-c6ccc7c(c6)C6(c8ccccc8-c8ccccc86)c6cc(-c8ccccn8)ccc6-7)cc5)cc4)ccc2-3)nc1. The molecule has 0 atom stereocenters. The lowest BCUT2D eigenvalue weighted by atomic mass is 9.70. The van der Waals surface area contributed by atoms with Gasteiger partial charge in [-0.1, -0.05) is 218 Å². The molecule has 0 bridgehead atoms. The third-order valence-corrected chi connectivity index (χ3v) is 18.7. The van der Waals surface area contributed by atoms with Crippen molar-refractivity contribution >= 4 is 11.0 Å². The minimum absolute atomic E-state index is 0.502. The van der Waals surface area contributed by atoms with Gasteiger partial charge in [0, 0.05) is 34.6 Å². The van der Waals surface area contributed by atoms with E-state index in [0.29, 0.717) is 0 Å². The molecule has 0 saturated carbocycles. The van der Waals surface area contributed by atoms with Gasteiger partial charge in [0.1, 0.15) is 0 Å². The lowest BCUT2D eigenvalue weighted by Gasteiger charge is -2.31. The quantitative estimate of drug-likeness (QED) is 0.167. The van der Waals surface area contributed by atoms with E-state index in [0.717, 1.165) is 78.3 Å². The average Bonchev–Trinajstić information content (AvgIpc) is 1.55. The Labute approximate surface area is 486 Å². The van der Waals surface area contributed by atoms with Gasteiger partial charge in [-0.25, -0.2) is 9.97 Å². The van der Waals surface area contributed by atoms with Crippen molar-refractivity contribution in [3.8, 4) is 112 Å². The summed E-state index contributed by atoms with van der Waals surface area (Å²) >= 11 is 0. The Hall–Kier alpha value is -10.9. The zero-order valence-corrected chi connectivity index (χ0v) is 45.5. The van der Waals surface area contributed by atoms with E-state index in [1.165, 1.54) is 89.0 Å². The van der Waals surface area contributed by atoms with Gasteiger partial charge in [-0.3, -0.25) is 9.97 Å². The first-order valence-electron chi connectivity index (χ1n) is 28.9. The first-order chi connectivity index (χ1) is 41.6.